The molecule has 2 aliphatic heterocycles. The highest BCUT2D eigenvalue weighted by atomic mass is 35.5. The van der Waals surface area contributed by atoms with Gasteiger partial charge in [-0.15, -0.1) is 0 Å². The van der Waals surface area contributed by atoms with Crippen molar-refractivity contribution >= 4 is 22.9 Å². The van der Waals surface area contributed by atoms with E-state index in [9.17, 15) is 14.0 Å². The summed E-state index contributed by atoms with van der Waals surface area (Å²) in [6.45, 7) is 2.00. The number of hydrogen-bond acceptors (Lipinski definition) is 2. The topological polar surface area (TPSA) is 40.6 Å². The van der Waals surface area contributed by atoms with Gasteiger partial charge in [-0.25, -0.2) is 4.39 Å². The summed E-state index contributed by atoms with van der Waals surface area (Å²) in [6.07, 6.45) is 3.02. The number of rotatable bonds is 2. The summed E-state index contributed by atoms with van der Waals surface area (Å²) in [5.41, 5.74) is 0.137. The Balaban J connectivity index is 1.72. The Bertz CT molecular complexity index is 614. The molecule has 124 valence electrons. The summed E-state index contributed by atoms with van der Waals surface area (Å²) in [5, 5.41) is -0.452. The van der Waals surface area contributed by atoms with Gasteiger partial charge in [0.05, 0.1) is 5.41 Å². The average Bonchev–Trinajstić information content (AvgIpc) is 2.54. The first-order chi connectivity index (χ1) is 11.0. The molecule has 2 aliphatic rings. The molecular formula is C17H20ClFN2O2. The molecule has 1 aromatic rings. The molecule has 4 nitrogen and oxygen atoms in total. The van der Waals surface area contributed by atoms with Crippen LogP contribution in [0.1, 0.15) is 31.2 Å². The lowest BCUT2D eigenvalue weighted by molar-refractivity contribution is -0.150. The molecule has 0 N–H and O–H groups in total. The van der Waals surface area contributed by atoms with E-state index in [1.165, 1.54) is 6.07 Å². The van der Waals surface area contributed by atoms with E-state index in [1.807, 2.05) is 0 Å². The second kappa shape index (κ2) is 6.48. The van der Waals surface area contributed by atoms with Crippen LogP contribution in [0.5, 0.6) is 0 Å². The minimum Gasteiger partial charge on any atom is -0.338 e. The number of carbonyl (C=O) groups is 2. The van der Waals surface area contributed by atoms with Gasteiger partial charge in [-0.1, -0.05) is 18.2 Å². The van der Waals surface area contributed by atoms with Gasteiger partial charge in [-0.2, -0.15) is 0 Å². The second-order valence-electron chi connectivity index (χ2n) is 6.44. The summed E-state index contributed by atoms with van der Waals surface area (Å²) in [4.78, 5) is 27.6. The molecular weight excluding hydrogens is 319 g/mol. The lowest BCUT2D eigenvalue weighted by atomic mass is 9.71. The van der Waals surface area contributed by atoms with E-state index in [1.54, 1.807) is 28.0 Å². The van der Waals surface area contributed by atoms with Crippen LogP contribution in [0.25, 0.3) is 0 Å². The van der Waals surface area contributed by atoms with Gasteiger partial charge in [-0.3, -0.25) is 9.59 Å². The number of hydrogen-bond donors (Lipinski definition) is 0. The Labute approximate surface area is 140 Å². The van der Waals surface area contributed by atoms with Crippen LogP contribution < -0.4 is 0 Å². The Morgan fingerprint density at radius 1 is 1.17 bits per heavy atom. The molecule has 2 amide bonds. The van der Waals surface area contributed by atoms with E-state index in [0.717, 1.165) is 12.8 Å². The maximum absolute atomic E-state index is 13.8. The van der Waals surface area contributed by atoms with E-state index < -0.39 is 10.8 Å². The van der Waals surface area contributed by atoms with Crippen molar-refractivity contribution in [1.29, 1.82) is 0 Å². The molecule has 0 saturated carbocycles. The Kier molecular flexibility index (Phi) is 4.57. The zero-order valence-corrected chi connectivity index (χ0v) is 13.7. The zero-order valence-electron chi connectivity index (χ0n) is 12.9. The van der Waals surface area contributed by atoms with Crippen molar-refractivity contribution < 1.29 is 14.0 Å². The third-order valence-corrected chi connectivity index (χ3v) is 5.35. The van der Waals surface area contributed by atoms with Crippen molar-refractivity contribution in [2.45, 2.75) is 32.2 Å². The average molecular weight is 339 g/mol. The number of halogens is 2. The minimum absolute atomic E-state index is 0.0914. The fourth-order valence-electron chi connectivity index (χ4n) is 3.71. The van der Waals surface area contributed by atoms with Crippen LogP contribution in [0, 0.1) is 11.2 Å². The summed E-state index contributed by atoms with van der Waals surface area (Å²) >= 11 is 5.52. The fraction of sp³-hybridized carbons (Fsp3) is 0.529. The molecule has 0 aliphatic carbocycles. The molecule has 23 heavy (non-hydrogen) atoms. The first-order valence-electron chi connectivity index (χ1n) is 7.99. The van der Waals surface area contributed by atoms with Gasteiger partial charge in [0, 0.05) is 31.7 Å². The van der Waals surface area contributed by atoms with Crippen molar-refractivity contribution in [1.82, 2.24) is 9.80 Å². The molecule has 0 unspecified atom stereocenters. The maximum atomic E-state index is 13.8. The summed E-state index contributed by atoms with van der Waals surface area (Å²) in [7, 11) is 0. The Morgan fingerprint density at radius 2 is 1.87 bits per heavy atom. The number of piperidine rings is 2. The summed E-state index contributed by atoms with van der Waals surface area (Å²) < 4.78 is 13.8. The van der Waals surface area contributed by atoms with Crippen molar-refractivity contribution in [3.8, 4) is 0 Å². The van der Waals surface area contributed by atoms with Gasteiger partial charge >= 0.3 is 5.37 Å². The normalized spacial score (nSPS) is 20.9. The first-order valence-corrected chi connectivity index (χ1v) is 8.37. The molecule has 3 rings (SSSR count). The van der Waals surface area contributed by atoms with E-state index >= 15 is 0 Å². The van der Waals surface area contributed by atoms with Crippen LogP contribution in [0.2, 0.25) is 0 Å². The number of likely N-dealkylation sites (tertiary alicyclic amines) is 2. The van der Waals surface area contributed by atoms with Gasteiger partial charge in [0.2, 0.25) is 5.91 Å². The highest BCUT2D eigenvalue weighted by molar-refractivity contribution is 6.62. The van der Waals surface area contributed by atoms with E-state index in [-0.39, 0.29) is 11.7 Å². The van der Waals surface area contributed by atoms with E-state index in [4.69, 9.17) is 11.6 Å². The third kappa shape index (κ3) is 3.20. The molecule has 1 spiro atoms. The standard InChI is InChI=1S/C17H20ClFN2O2/c18-16(23)20-10-7-17(8-11-20)6-3-9-21(15(17)22)12-13-4-1-2-5-14(13)19/h1-2,4-5H,3,6-12H2. The van der Waals surface area contributed by atoms with Crippen LogP contribution in [0.4, 0.5) is 9.18 Å². The van der Waals surface area contributed by atoms with Crippen molar-refractivity contribution in [3.63, 3.8) is 0 Å². The van der Waals surface area contributed by atoms with Crippen molar-refractivity contribution in [3.05, 3.63) is 35.6 Å². The lowest BCUT2D eigenvalue weighted by Gasteiger charge is -2.46. The van der Waals surface area contributed by atoms with Gasteiger partial charge in [0.1, 0.15) is 5.82 Å². The highest BCUT2D eigenvalue weighted by Crippen LogP contribution is 2.41. The molecule has 2 saturated heterocycles. The quantitative estimate of drug-likeness (QED) is 0.612. The van der Waals surface area contributed by atoms with E-state index in [0.29, 0.717) is 44.6 Å². The van der Waals surface area contributed by atoms with Gasteiger partial charge < -0.3 is 9.80 Å². The fourth-order valence-corrected chi connectivity index (χ4v) is 3.88. The summed E-state index contributed by atoms with van der Waals surface area (Å²) in [6, 6.07) is 6.58. The predicted octanol–water partition coefficient (Wildman–Crippen LogP) is 3.39. The van der Waals surface area contributed by atoms with Crippen molar-refractivity contribution in [2.75, 3.05) is 19.6 Å². The highest BCUT2D eigenvalue weighted by Gasteiger charge is 2.46. The van der Waals surface area contributed by atoms with E-state index in [2.05, 4.69) is 0 Å². The SMILES string of the molecule is O=C(Cl)N1CCC2(CCCN(Cc3ccccc3F)C2=O)CC1. The van der Waals surface area contributed by atoms with Crippen LogP contribution in [0.3, 0.4) is 0 Å². The van der Waals surface area contributed by atoms with Crippen LogP contribution in [-0.4, -0.2) is 40.7 Å². The third-order valence-electron chi connectivity index (χ3n) is 5.11. The lowest BCUT2D eigenvalue weighted by Crippen LogP contribution is -2.53. The first kappa shape index (κ1) is 16.2. The molecule has 2 heterocycles. The second-order valence-corrected chi connectivity index (χ2v) is 6.77. The molecule has 0 radical (unpaired) electrons. The van der Waals surface area contributed by atoms with Gasteiger partial charge in [0.15, 0.2) is 0 Å². The largest absolute Gasteiger partial charge is 0.338 e. The number of nitrogens with zero attached hydrogens (tertiary/aromatic N) is 2. The molecule has 0 bridgehead atoms. The number of benzene rings is 1. The Hall–Kier alpha value is -1.62. The molecule has 1 aromatic carbocycles. The van der Waals surface area contributed by atoms with Crippen LogP contribution in [0.15, 0.2) is 24.3 Å². The number of amides is 2. The summed E-state index contributed by atoms with van der Waals surface area (Å²) in [5.74, 6) is -0.184. The Morgan fingerprint density at radius 3 is 2.52 bits per heavy atom. The van der Waals surface area contributed by atoms with Gasteiger partial charge in [-0.05, 0) is 43.4 Å². The smallest absolute Gasteiger partial charge is 0.316 e. The number of carbonyl (C=O) groups excluding carboxylic acids is 2. The van der Waals surface area contributed by atoms with Crippen LogP contribution in [-0.2, 0) is 11.3 Å². The monoisotopic (exact) mass is 338 g/mol. The van der Waals surface area contributed by atoms with Gasteiger partial charge in [0.25, 0.3) is 0 Å². The molecule has 0 aromatic heterocycles. The molecule has 6 heteroatoms. The zero-order chi connectivity index (χ0) is 16.4. The van der Waals surface area contributed by atoms with Crippen LogP contribution >= 0.6 is 11.6 Å². The van der Waals surface area contributed by atoms with Crippen molar-refractivity contribution in [2.24, 2.45) is 5.41 Å². The maximum Gasteiger partial charge on any atom is 0.316 e. The molecule has 2 fully saturated rings. The molecule has 0 atom stereocenters. The predicted molar refractivity (Wildman–Crippen MR) is 85.5 cm³/mol. The minimum atomic E-state index is -0.452.